The van der Waals surface area contributed by atoms with E-state index in [0.717, 1.165) is 5.56 Å². The van der Waals surface area contributed by atoms with Gasteiger partial charge in [-0.15, -0.1) is 12.4 Å². The van der Waals surface area contributed by atoms with Gasteiger partial charge in [0.25, 0.3) is 0 Å². The van der Waals surface area contributed by atoms with E-state index in [4.69, 9.17) is 11.0 Å². The van der Waals surface area contributed by atoms with Gasteiger partial charge in [0.1, 0.15) is 6.04 Å². The number of nitriles is 1. The molecule has 0 aliphatic heterocycles. The molecule has 0 aliphatic carbocycles. The number of carbonyl (C=O) groups is 1. The molecule has 1 atom stereocenters. The highest BCUT2D eigenvalue weighted by atomic mass is 35.5. The molecule has 1 aromatic rings. The lowest BCUT2D eigenvalue weighted by atomic mass is 10.0. The topological polar surface area (TPSA) is 76.1 Å². The van der Waals surface area contributed by atoms with Crippen LogP contribution < -0.4 is 5.73 Å². The number of methoxy groups -OCH3 is 1. The van der Waals surface area contributed by atoms with Crippen LogP contribution in [0.4, 0.5) is 0 Å². The van der Waals surface area contributed by atoms with Crippen LogP contribution in [0.25, 0.3) is 0 Å². The molecule has 5 heteroatoms. The highest BCUT2D eigenvalue weighted by Gasteiger charge is 2.13. The molecular formula is C11H13ClN2O2. The first-order chi connectivity index (χ1) is 7.17. The lowest BCUT2D eigenvalue weighted by Crippen LogP contribution is -2.33. The number of benzene rings is 1. The van der Waals surface area contributed by atoms with Crippen molar-refractivity contribution in [1.29, 1.82) is 5.26 Å². The van der Waals surface area contributed by atoms with Gasteiger partial charge in [-0.05, 0) is 24.1 Å². The van der Waals surface area contributed by atoms with E-state index in [2.05, 4.69) is 4.74 Å². The molecule has 0 amide bonds. The third kappa shape index (κ3) is 3.89. The Morgan fingerprint density at radius 2 is 2.31 bits per heavy atom. The predicted octanol–water partition coefficient (Wildman–Crippen LogP) is 1.02. The summed E-state index contributed by atoms with van der Waals surface area (Å²) in [6.07, 6.45) is 0.377. The first kappa shape index (κ1) is 14.4. The van der Waals surface area contributed by atoms with Crippen LogP contribution in [0.2, 0.25) is 0 Å². The SMILES string of the molecule is COC(=O)[C@H](N)Cc1cccc(C#N)c1.Cl. The van der Waals surface area contributed by atoms with Crippen molar-refractivity contribution in [1.82, 2.24) is 0 Å². The zero-order valence-corrected chi connectivity index (χ0v) is 9.66. The Bertz CT molecular complexity index is 401. The molecule has 4 nitrogen and oxygen atoms in total. The van der Waals surface area contributed by atoms with E-state index in [0.29, 0.717) is 12.0 Å². The number of ether oxygens (including phenoxy) is 1. The fourth-order valence-electron chi connectivity index (χ4n) is 1.26. The number of esters is 1. The molecule has 0 radical (unpaired) electrons. The molecule has 86 valence electrons. The third-order valence-corrected chi connectivity index (χ3v) is 2.02. The van der Waals surface area contributed by atoms with Gasteiger partial charge in [-0.25, -0.2) is 0 Å². The zero-order chi connectivity index (χ0) is 11.3. The first-order valence-electron chi connectivity index (χ1n) is 4.50. The Morgan fingerprint density at radius 3 is 2.88 bits per heavy atom. The smallest absolute Gasteiger partial charge is 0.322 e. The van der Waals surface area contributed by atoms with Gasteiger partial charge in [-0.1, -0.05) is 12.1 Å². The fraction of sp³-hybridized carbons (Fsp3) is 0.273. The van der Waals surface area contributed by atoms with Crippen molar-refractivity contribution in [3.63, 3.8) is 0 Å². The summed E-state index contributed by atoms with van der Waals surface area (Å²) < 4.78 is 4.51. The second-order valence-corrected chi connectivity index (χ2v) is 3.15. The van der Waals surface area contributed by atoms with Crippen molar-refractivity contribution in [2.24, 2.45) is 5.73 Å². The molecule has 0 spiro atoms. The summed E-state index contributed by atoms with van der Waals surface area (Å²) in [5.41, 5.74) is 7.01. The van der Waals surface area contributed by atoms with Crippen LogP contribution in [0, 0.1) is 11.3 Å². The second-order valence-electron chi connectivity index (χ2n) is 3.15. The first-order valence-corrected chi connectivity index (χ1v) is 4.50. The van der Waals surface area contributed by atoms with Crippen molar-refractivity contribution in [2.75, 3.05) is 7.11 Å². The van der Waals surface area contributed by atoms with Crippen LogP contribution in [-0.2, 0) is 16.0 Å². The summed E-state index contributed by atoms with van der Waals surface area (Å²) >= 11 is 0. The number of nitrogens with zero attached hydrogens (tertiary/aromatic N) is 1. The Kier molecular flexibility index (Phi) is 6.16. The van der Waals surface area contributed by atoms with Crippen LogP contribution in [0.15, 0.2) is 24.3 Å². The Morgan fingerprint density at radius 1 is 1.62 bits per heavy atom. The van der Waals surface area contributed by atoms with Gasteiger partial charge in [0.15, 0.2) is 0 Å². The number of nitrogens with two attached hydrogens (primary N) is 1. The molecule has 0 saturated heterocycles. The fourth-order valence-corrected chi connectivity index (χ4v) is 1.26. The number of rotatable bonds is 3. The minimum atomic E-state index is -0.677. The molecule has 1 rings (SSSR count). The van der Waals surface area contributed by atoms with Crippen molar-refractivity contribution in [2.45, 2.75) is 12.5 Å². The van der Waals surface area contributed by atoms with Gasteiger partial charge >= 0.3 is 5.97 Å². The van der Waals surface area contributed by atoms with Crippen LogP contribution in [0.5, 0.6) is 0 Å². The third-order valence-electron chi connectivity index (χ3n) is 2.02. The molecule has 0 heterocycles. The number of hydrogen-bond donors (Lipinski definition) is 1. The molecule has 16 heavy (non-hydrogen) atoms. The molecule has 0 bridgehead atoms. The van der Waals surface area contributed by atoms with Gasteiger partial charge in [0.05, 0.1) is 18.7 Å². The number of halogens is 1. The summed E-state index contributed by atoms with van der Waals surface area (Å²) in [4.78, 5) is 11.1. The van der Waals surface area contributed by atoms with E-state index in [9.17, 15) is 4.79 Å². The van der Waals surface area contributed by atoms with E-state index in [-0.39, 0.29) is 12.4 Å². The lowest BCUT2D eigenvalue weighted by Gasteiger charge is -2.08. The largest absolute Gasteiger partial charge is 0.468 e. The Balaban J connectivity index is 0.00000225. The monoisotopic (exact) mass is 240 g/mol. The van der Waals surface area contributed by atoms with Gasteiger partial charge in [-0.3, -0.25) is 4.79 Å². The van der Waals surface area contributed by atoms with Gasteiger partial charge in [0.2, 0.25) is 0 Å². The molecule has 0 unspecified atom stereocenters. The zero-order valence-electron chi connectivity index (χ0n) is 8.84. The number of hydrogen-bond acceptors (Lipinski definition) is 4. The molecule has 2 N–H and O–H groups in total. The predicted molar refractivity (Wildman–Crippen MR) is 62.1 cm³/mol. The average molecular weight is 241 g/mol. The van der Waals surface area contributed by atoms with Crippen molar-refractivity contribution >= 4 is 18.4 Å². The Labute approximate surface area is 100 Å². The van der Waals surface area contributed by atoms with E-state index < -0.39 is 12.0 Å². The number of carbonyl (C=O) groups excluding carboxylic acids is 1. The maximum Gasteiger partial charge on any atom is 0.322 e. The normalized spacial score (nSPS) is 10.8. The molecule has 0 aromatic heterocycles. The van der Waals surface area contributed by atoms with Crippen LogP contribution in [-0.4, -0.2) is 19.1 Å². The van der Waals surface area contributed by atoms with Crippen LogP contribution in [0.3, 0.4) is 0 Å². The van der Waals surface area contributed by atoms with Crippen LogP contribution in [0.1, 0.15) is 11.1 Å². The maximum absolute atomic E-state index is 11.1. The highest BCUT2D eigenvalue weighted by Crippen LogP contribution is 2.06. The van der Waals surface area contributed by atoms with Gasteiger partial charge < -0.3 is 10.5 Å². The van der Waals surface area contributed by atoms with Crippen molar-refractivity contribution < 1.29 is 9.53 Å². The van der Waals surface area contributed by atoms with E-state index >= 15 is 0 Å². The minimum Gasteiger partial charge on any atom is -0.468 e. The van der Waals surface area contributed by atoms with Crippen molar-refractivity contribution in [3.05, 3.63) is 35.4 Å². The summed E-state index contributed by atoms with van der Waals surface area (Å²) in [6.45, 7) is 0. The Hall–Kier alpha value is -1.57. The maximum atomic E-state index is 11.1. The quantitative estimate of drug-likeness (QED) is 0.801. The van der Waals surface area contributed by atoms with Gasteiger partial charge in [0, 0.05) is 0 Å². The summed E-state index contributed by atoms with van der Waals surface area (Å²) in [5, 5.41) is 8.68. The standard InChI is InChI=1S/C11H12N2O2.ClH/c1-15-11(14)10(13)6-8-3-2-4-9(5-8)7-12;/h2-5,10H,6,13H2,1H3;1H/t10-;/m1./s1. The molecule has 1 aromatic carbocycles. The van der Waals surface area contributed by atoms with E-state index in [1.807, 2.05) is 12.1 Å². The summed E-state index contributed by atoms with van der Waals surface area (Å²) in [5.74, 6) is -0.447. The average Bonchev–Trinajstić information content (AvgIpc) is 2.28. The molecular weight excluding hydrogens is 228 g/mol. The van der Waals surface area contributed by atoms with E-state index in [1.165, 1.54) is 7.11 Å². The highest BCUT2D eigenvalue weighted by molar-refractivity contribution is 5.85. The van der Waals surface area contributed by atoms with Crippen LogP contribution >= 0.6 is 12.4 Å². The second kappa shape index (κ2) is 6.83. The molecule has 0 saturated carbocycles. The molecule has 0 fully saturated rings. The summed E-state index contributed by atoms with van der Waals surface area (Å²) in [6, 6.07) is 8.35. The van der Waals surface area contributed by atoms with Gasteiger partial charge in [-0.2, -0.15) is 5.26 Å². The summed E-state index contributed by atoms with van der Waals surface area (Å²) in [7, 11) is 1.30. The minimum absolute atomic E-state index is 0. The van der Waals surface area contributed by atoms with E-state index in [1.54, 1.807) is 18.2 Å². The molecule has 0 aliphatic rings. The van der Waals surface area contributed by atoms with Crippen molar-refractivity contribution in [3.8, 4) is 6.07 Å². The lowest BCUT2D eigenvalue weighted by molar-refractivity contribution is -0.142.